The molecule has 0 radical (unpaired) electrons. The zero-order valence-corrected chi connectivity index (χ0v) is 8.52. The van der Waals surface area contributed by atoms with Gasteiger partial charge in [0, 0.05) is 5.56 Å². The van der Waals surface area contributed by atoms with Gasteiger partial charge in [-0.3, -0.25) is 0 Å². The van der Waals surface area contributed by atoms with Gasteiger partial charge in [-0.1, -0.05) is 18.2 Å². The fourth-order valence-electron chi connectivity index (χ4n) is 1.42. The minimum atomic E-state index is 0.683. The standard InChI is InChI=1S/C12H14N2O/c13-8-4-7-11-9-15-12(14-11)10-5-2-1-3-6-10/h1-3,5-6,9H,4,7-8,13H2. The minimum absolute atomic E-state index is 0.683. The third-order valence-electron chi connectivity index (χ3n) is 2.21. The molecule has 2 rings (SSSR count). The van der Waals surface area contributed by atoms with Crippen molar-refractivity contribution in [2.45, 2.75) is 12.8 Å². The maximum atomic E-state index is 5.44. The molecule has 0 atom stereocenters. The Kier molecular flexibility index (Phi) is 3.15. The summed E-state index contributed by atoms with van der Waals surface area (Å²) in [6.07, 6.45) is 3.53. The van der Waals surface area contributed by atoms with Crippen molar-refractivity contribution >= 4 is 0 Å². The van der Waals surface area contributed by atoms with Crippen molar-refractivity contribution in [1.29, 1.82) is 0 Å². The van der Waals surface area contributed by atoms with Gasteiger partial charge in [-0.2, -0.15) is 0 Å². The van der Waals surface area contributed by atoms with Crippen LogP contribution in [0.4, 0.5) is 0 Å². The molecule has 15 heavy (non-hydrogen) atoms. The summed E-state index contributed by atoms with van der Waals surface area (Å²) >= 11 is 0. The van der Waals surface area contributed by atoms with Gasteiger partial charge in [0.05, 0.1) is 5.69 Å². The molecule has 0 bridgehead atoms. The summed E-state index contributed by atoms with van der Waals surface area (Å²) in [4.78, 5) is 4.40. The Morgan fingerprint density at radius 3 is 2.73 bits per heavy atom. The molecule has 0 saturated carbocycles. The van der Waals surface area contributed by atoms with E-state index in [1.54, 1.807) is 6.26 Å². The van der Waals surface area contributed by atoms with Crippen LogP contribution in [-0.4, -0.2) is 11.5 Å². The Labute approximate surface area is 88.9 Å². The second kappa shape index (κ2) is 4.75. The van der Waals surface area contributed by atoms with Crippen LogP contribution >= 0.6 is 0 Å². The highest BCUT2D eigenvalue weighted by molar-refractivity contribution is 5.52. The van der Waals surface area contributed by atoms with E-state index in [0.717, 1.165) is 24.1 Å². The van der Waals surface area contributed by atoms with Crippen molar-refractivity contribution in [1.82, 2.24) is 4.98 Å². The molecule has 0 amide bonds. The predicted molar refractivity (Wildman–Crippen MR) is 59.3 cm³/mol. The summed E-state index contributed by atoms with van der Waals surface area (Å²) < 4.78 is 5.40. The highest BCUT2D eigenvalue weighted by Crippen LogP contribution is 2.18. The highest BCUT2D eigenvalue weighted by atomic mass is 16.3. The number of benzene rings is 1. The van der Waals surface area contributed by atoms with Crippen LogP contribution in [0.15, 0.2) is 41.0 Å². The zero-order chi connectivity index (χ0) is 10.5. The van der Waals surface area contributed by atoms with E-state index in [0.29, 0.717) is 12.4 Å². The summed E-state index contributed by atoms with van der Waals surface area (Å²) in [5.41, 5.74) is 7.42. The minimum Gasteiger partial charge on any atom is -0.444 e. The summed E-state index contributed by atoms with van der Waals surface area (Å²) in [6.45, 7) is 0.688. The van der Waals surface area contributed by atoms with Gasteiger partial charge in [-0.25, -0.2) is 4.98 Å². The van der Waals surface area contributed by atoms with Gasteiger partial charge in [-0.15, -0.1) is 0 Å². The SMILES string of the molecule is NCCCc1coc(-c2ccccc2)n1. The van der Waals surface area contributed by atoms with Crippen LogP contribution in [0.5, 0.6) is 0 Å². The van der Waals surface area contributed by atoms with Gasteiger partial charge in [-0.05, 0) is 31.5 Å². The van der Waals surface area contributed by atoms with Crippen molar-refractivity contribution in [2.75, 3.05) is 6.54 Å². The lowest BCUT2D eigenvalue weighted by atomic mass is 10.2. The molecule has 0 aliphatic heterocycles. The number of nitrogens with two attached hydrogens (primary N) is 1. The topological polar surface area (TPSA) is 52.0 Å². The highest BCUT2D eigenvalue weighted by Gasteiger charge is 2.04. The largest absolute Gasteiger partial charge is 0.444 e. The predicted octanol–water partition coefficient (Wildman–Crippen LogP) is 2.23. The Balaban J connectivity index is 2.14. The Bertz CT molecular complexity index is 409. The van der Waals surface area contributed by atoms with E-state index in [2.05, 4.69) is 4.98 Å². The molecule has 78 valence electrons. The van der Waals surface area contributed by atoms with E-state index in [4.69, 9.17) is 10.2 Å². The molecule has 0 aliphatic carbocycles. The lowest BCUT2D eigenvalue weighted by Crippen LogP contribution is -2.00. The van der Waals surface area contributed by atoms with Crippen LogP contribution in [0, 0.1) is 0 Å². The summed E-state index contributed by atoms with van der Waals surface area (Å²) in [7, 11) is 0. The summed E-state index contributed by atoms with van der Waals surface area (Å²) in [5.74, 6) is 0.683. The molecule has 0 fully saturated rings. The van der Waals surface area contributed by atoms with Crippen LogP contribution < -0.4 is 5.73 Å². The van der Waals surface area contributed by atoms with Gasteiger partial charge < -0.3 is 10.2 Å². The van der Waals surface area contributed by atoms with Gasteiger partial charge in [0.1, 0.15) is 6.26 Å². The van der Waals surface area contributed by atoms with Crippen molar-refractivity contribution in [3.63, 3.8) is 0 Å². The number of oxazole rings is 1. The smallest absolute Gasteiger partial charge is 0.226 e. The lowest BCUT2D eigenvalue weighted by molar-refractivity contribution is 0.572. The van der Waals surface area contributed by atoms with E-state index in [-0.39, 0.29) is 0 Å². The molecule has 0 spiro atoms. The van der Waals surface area contributed by atoms with Gasteiger partial charge in [0.15, 0.2) is 0 Å². The monoisotopic (exact) mass is 202 g/mol. The molecular weight excluding hydrogens is 188 g/mol. The molecule has 0 saturated heterocycles. The molecule has 0 unspecified atom stereocenters. The summed E-state index contributed by atoms with van der Waals surface area (Å²) in [5, 5.41) is 0. The molecule has 1 aromatic carbocycles. The molecule has 2 N–H and O–H groups in total. The number of nitrogens with zero attached hydrogens (tertiary/aromatic N) is 1. The quantitative estimate of drug-likeness (QED) is 0.827. The maximum Gasteiger partial charge on any atom is 0.226 e. The van der Waals surface area contributed by atoms with E-state index in [1.165, 1.54) is 0 Å². The average molecular weight is 202 g/mol. The first kappa shape index (κ1) is 9.93. The second-order valence-corrected chi connectivity index (χ2v) is 3.40. The second-order valence-electron chi connectivity index (χ2n) is 3.40. The van der Waals surface area contributed by atoms with Crippen LogP contribution in [0.1, 0.15) is 12.1 Å². The zero-order valence-electron chi connectivity index (χ0n) is 8.52. The number of aryl methyl sites for hydroxylation is 1. The van der Waals surface area contributed by atoms with Crippen molar-refractivity contribution in [3.05, 3.63) is 42.3 Å². The first-order valence-corrected chi connectivity index (χ1v) is 5.10. The van der Waals surface area contributed by atoms with Crippen LogP contribution in [0.3, 0.4) is 0 Å². The van der Waals surface area contributed by atoms with Gasteiger partial charge in [0.2, 0.25) is 5.89 Å². The van der Waals surface area contributed by atoms with E-state index in [9.17, 15) is 0 Å². The van der Waals surface area contributed by atoms with Crippen LogP contribution in [0.2, 0.25) is 0 Å². The molecule has 2 aromatic rings. The number of hydrogen-bond acceptors (Lipinski definition) is 3. The molecular formula is C12H14N2O. The Hall–Kier alpha value is -1.61. The Morgan fingerprint density at radius 1 is 1.20 bits per heavy atom. The van der Waals surface area contributed by atoms with Gasteiger partial charge in [0.25, 0.3) is 0 Å². The average Bonchev–Trinajstić information content (AvgIpc) is 2.76. The fraction of sp³-hybridized carbons (Fsp3) is 0.250. The fourth-order valence-corrected chi connectivity index (χ4v) is 1.42. The van der Waals surface area contributed by atoms with Crippen molar-refractivity contribution in [2.24, 2.45) is 5.73 Å². The number of hydrogen-bond donors (Lipinski definition) is 1. The molecule has 1 heterocycles. The number of aromatic nitrogens is 1. The Morgan fingerprint density at radius 2 is 2.00 bits per heavy atom. The third kappa shape index (κ3) is 2.44. The normalized spacial score (nSPS) is 10.5. The first-order valence-electron chi connectivity index (χ1n) is 5.10. The van der Waals surface area contributed by atoms with Gasteiger partial charge >= 0.3 is 0 Å². The third-order valence-corrected chi connectivity index (χ3v) is 2.21. The molecule has 3 heteroatoms. The van der Waals surface area contributed by atoms with Crippen LogP contribution in [-0.2, 0) is 6.42 Å². The molecule has 0 aliphatic rings. The van der Waals surface area contributed by atoms with E-state index >= 15 is 0 Å². The maximum absolute atomic E-state index is 5.44. The molecule has 3 nitrogen and oxygen atoms in total. The van der Waals surface area contributed by atoms with Crippen molar-refractivity contribution in [3.8, 4) is 11.5 Å². The first-order chi connectivity index (χ1) is 7.40. The summed E-state index contributed by atoms with van der Waals surface area (Å²) in [6, 6.07) is 9.89. The lowest BCUT2D eigenvalue weighted by Gasteiger charge is -1.92. The van der Waals surface area contributed by atoms with E-state index < -0.39 is 0 Å². The van der Waals surface area contributed by atoms with Crippen molar-refractivity contribution < 1.29 is 4.42 Å². The molecule has 1 aromatic heterocycles. The van der Waals surface area contributed by atoms with E-state index in [1.807, 2.05) is 30.3 Å². The van der Waals surface area contributed by atoms with Crippen LogP contribution in [0.25, 0.3) is 11.5 Å². The number of rotatable bonds is 4.